The number of ketones is 2. The minimum absolute atomic E-state index is 0.129. The van der Waals surface area contributed by atoms with Crippen LogP contribution < -0.4 is 0 Å². The quantitative estimate of drug-likeness (QED) is 0.200. The van der Waals surface area contributed by atoms with Crippen LogP contribution in [0.4, 0.5) is 0 Å². The fourth-order valence-electron chi connectivity index (χ4n) is 2.32. The Morgan fingerprint density at radius 3 is 1.84 bits per heavy atom. The van der Waals surface area contributed by atoms with Gasteiger partial charge in [0.2, 0.25) is 0 Å². The summed E-state index contributed by atoms with van der Waals surface area (Å²) in [6, 6.07) is 17.0. The molecule has 8 nitrogen and oxygen atoms in total. The van der Waals surface area contributed by atoms with Crippen LogP contribution in [0.2, 0.25) is 0 Å². The summed E-state index contributed by atoms with van der Waals surface area (Å²) in [7, 11) is 0. The molecule has 2 N–H and O–H groups in total. The number of carbonyl (C=O) groups excluding carboxylic acids is 4. The lowest BCUT2D eigenvalue weighted by molar-refractivity contribution is -0.152. The Morgan fingerprint density at radius 1 is 0.844 bits per heavy atom. The molecule has 170 valence electrons. The van der Waals surface area contributed by atoms with E-state index in [-0.39, 0.29) is 31.2 Å². The molecule has 0 fully saturated rings. The third-order valence-corrected chi connectivity index (χ3v) is 3.85. The fraction of sp³-hybridized carbons (Fsp3) is 0.250. The molecule has 0 heterocycles. The Bertz CT molecular complexity index is 920. The normalized spacial score (nSPS) is 11.4. The molecule has 2 aromatic rings. The number of aliphatic hydroxyl groups excluding tert-OH is 2. The number of carbonyl (C=O) groups is 4. The zero-order chi connectivity index (χ0) is 23.9. The van der Waals surface area contributed by atoms with E-state index in [0.717, 1.165) is 6.08 Å². The largest absolute Gasteiger partial charge is 0.507 e. The molecule has 0 aliphatic heterocycles. The van der Waals surface area contributed by atoms with E-state index in [1.807, 2.05) is 0 Å². The number of benzene rings is 2. The van der Waals surface area contributed by atoms with Crippen molar-refractivity contribution in [1.82, 2.24) is 0 Å². The second-order valence-corrected chi connectivity index (χ2v) is 6.24. The van der Waals surface area contributed by atoms with E-state index >= 15 is 0 Å². The lowest BCUT2D eigenvalue weighted by Crippen LogP contribution is -2.26. The van der Waals surface area contributed by atoms with Gasteiger partial charge in [-0.05, 0) is 13.8 Å². The van der Waals surface area contributed by atoms with Crippen LogP contribution in [0.5, 0.6) is 0 Å². The molecule has 0 spiro atoms. The smallest absolute Gasteiger partial charge is 0.379 e. The predicted octanol–water partition coefficient (Wildman–Crippen LogP) is 2.90. The molecular formula is C24H26O8. The van der Waals surface area contributed by atoms with Crippen LogP contribution in [0.25, 0.3) is 5.76 Å². The van der Waals surface area contributed by atoms with Crippen LogP contribution in [0, 0.1) is 0 Å². The Morgan fingerprint density at radius 2 is 1.34 bits per heavy atom. The van der Waals surface area contributed by atoms with Crippen molar-refractivity contribution in [2.75, 3.05) is 13.2 Å². The van der Waals surface area contributed by atoms with E-state index in [2.05, 4.69) is 9.47 Å². The first-order chi connectivity index (χ1) is 15.3. The van der Waals surface area contributed by atoms with Crippen LogP contribution in [-0.2, 0) is 23.9 Å². The first kappa shape index (κ1) is 26.3. The molecule has 0 aliphatic carbocycles. The highest BCUT2D eigenvalue weighted by Crippen LogP contribution is 2.10. The first-order valence-corrected chi connectivity index (χ1v) is 9.90. The van der Waals surface area contributed by atoms with Crippen molar-refractivity contribution < 1.29 is 38.9 Å². The number of rotatable bonds is 9. The minimum atomic E-state index is -1.38. The van der Waals surface area contributed by atoms with Crippen molar-refractivity contribution >= 4 is 29.3 Å². The lowest BCUT2D eigenvalue weighted by Gasteiger charge is -2.08. The van der Waals surface area contributed by atoms with E-state index < -0.39 is 23.8 Å². The maximum atomic E-state index is 11.6. The van der Waals surface area contributed by atoms with Crippen LogP contribution >= 0.6 is 0 Å². The fourth-order valence-corrected chi connectivity index (χ4v) is 2.32. The third-order valence-electron chi connectivity index (χ3n) is 3.85. The summed E-state index contributed by atoms with van der Waals surface area (Å²) in [6.45, 7) is 3.56. The van der Waals surface area contributed by atoms with E-state index in [9.17, 15) is 29.4 Å². The van der Waals surface area contributed by atoms with Crippen molar-refractivity contribution in [3.8, 4) is 0 Å². The number of ether oxygens (including phenoxy) is 2. The molecule has 0 radical (unpaired) electrons. The molecule has 0 aliphatic rings. The van der Waals surface area contributed by atoms with Gasteiger partial charge >= 0.3 is 11.9 Å². The molecule has 32 heavy (non-hydrogen) atoms. The Kier molecular flexibility index (Phi) is 11.7. The average Bonchev–Trinajstić information content (AvgIpc) is 2.80. The van der Waals surface area contributed by atoms with Gasteiger partial charge in [-0.15, -0.1) is 0 Å². The number of hydrogen-bond donors (Lipinski definition) is 2. The summed E-state index contributed by atoms with van der Waals surface area (Å²) in [5, 5.41) is 18.9. The number of Topliss-reactive ketones (excluding diaryl/α,β-unsaturated/α-hetero) is 1. The highest BCUT2D eigenvalue weighted by molar-refractivity contribution is 6.39. The van der Waals surface area contributed by atoms with Crippen molar-refractivity contribution in [3.63, 3.8) is 0 Å². The number of esters is 2. The van der Waals surface area contributed by atoms with Crippen LogP contribution in [0.3, 0.4) is 0 Å². The zero-order valence-corrected chi connectivity index (χ0v) is 17.9. The molecule has 0 bridgehead atoms. The molecule has 0 saturated heterocycles. The lowest BCUT2D eigenvalue weighted by atomic mass is 10.1. The van der Waals surface area contributed by atoms with Crippen molar-refractivity contribution in [1.29, 1.82) is 0 Å². The summed E-state index contributed by atoms with van der Waals surface area (Å²) in [5.74, 6) is -3.13. The SMILES string of the molecule is CCOC(=O)C(=O)C=C(O)c1ccccc1.CCOC(=O)[C@H](O)CC(=O)c1ccccc1. The second kappa shape index (κ2) is 14.3. The van der Waals surface area contributed by atoms with Gasteiger partial charge in [-0.1, -0.05) is 60.7 Å². The first-order valence-electron chi connectivity index (χ1n) is 9.90. The van der Waals surface area contributed by atoms with Gasteiger partial charge in [-0.25, -0.2) is 9.59 Å². The van der Waals surface area contributed by atoms with Crippen molar-refractivity contribution in [3.05, 3.63) is 77.9 Å². The summed E-state index contributed by atoms with van der Waals surface area (Å²) in [6.07, 6.45) is -0.774. The maximum Gasteiger partial charge on any atom is 0.379 e. The third kappa shape index (κ3) is 9.36. The van der Waals surface area contributed by atoms with Gasteiger partial charge in [0.15, 0.2) is 11.9 Å². The van der Waals surface area contributed by atoms with Gasteiger partial charge < -0.3 is 19.7 Å². The Hall–Kier alpha value is -3.78. The van der Waals surface area contributed by atoms with Crippen LogP contribution in [0.15, 0.2) is 66.7 Å². The molecule has 0 unspecified atom stereocenters. The second-order valence-electron chi connectivity index (χ2n) is 6.24. The van der Waals surface area contributed by atoms with Gasteiger partial charge in [0, 0.05) is 23.6 Å². The monoisotopic (exact) mass is 442 g/mol. The summed E-state index contributed by atoms with van der Waals surface area (Å²) >= 11 is 0. The van der Waals surface area contributed by atoms with Gasteiger partial charge in [0.25, 0.3) is 5.78 Å². The zero-order valence-electron chi connectivity index (χ0n) is 17.9. The van der Waals surface area contributed by atoms with Gasteiger partial charge in [0.05, 0.1) is 13.2 Å². The molecule has 0 saturated carbocycles. The highest BCUT2D eigenvalue weighted by Gasteiger charge is 2.20. The molecule has 2 rings (SSSR count). The summed E-state index contributed by atoms with van der Waals surface area (Å²) < 4.78 is 9.10. The minimum Gasteiger partial charge on any atom is -0.507 e. The predicted molar refractivity (Wildman–Crippen MR) is 117 cm³/mol. The standard InChI is InChI=1S/C12H14O4.C12H12O4/c2*1-2-16-12(15)11(14)8-10(13)9-6-4-3-5-7-9/h3-7,11,14H,2,8H2,1H3;3-8,13H,2H2,1H3/t11-;/m1./s1. The van der Waals surface area contributed by atoms with Gasteiger partial charge in [0.1, 0.15) is 5.76 Å². The summed E-state index contributed by atoms with van der Waals surface area (Å²) in [4.78, 5) is 44.9. The molecule has 8 heteroatoms. The molecule has 1 atom stereocenters. The summed E-state index contributed by atoms with van der Waals surface area (Å²) in [5.41, 5.74) is 0.950. The molecule has 0 amide bonds. The topological polar surface area (TPSA) is 127 Å². The highest BCUT2D eigenvalue weighted by atomic mass is 16.5. The van der Waals surface area contributed by atoms with Crippen molar-refractivity contribution in [2.24, 2.45) is 0 Å². The maximum absolute atomic E-state index is 11.6. The van der Waals surface area contributed by atoms with Gasteiger partial charge in [-0.3, -0.25) is 9.59 Å². The Balaban J connectivity index is 0.000000320. The molecule has 0 aromatic heterocycles. The molecule has 2 aromatic carbocycles. The van der Waals surface area contributed by atoms with E-state index in [1.54, 1.807) is 74.5 Å². The van der Waals surface area contributed by atoms with E-state index in [0.29, 0.717) is 11.1 Å². The van der Waals surface area contributed by atoms with E-state index in [1.165, 1.54) is 0 Å². The average molecular weight is 442 g/mol. The van der Waals surface area contributed by atoms with Crippen LogP contribution in [-0.4, -0.2) is 53.0 Å². The molecular weight excluding hydrogens is 416 g/mol. The Labute approximate surface area is 186 Å². The van der Waals surface area contributed by atoms with Crippen LogP contribution in [0.1, 0.15) is 36.2 Å². The number of aliphatic hydroxyl groups is 2. The number of hydrogen-bond acceptors (Lipinski definition) is 8. The van der Waals surface area contributed by atoms with Crippen molar-refractivity contribution in [2.45, 2.75) is 26.4 Å². The van der Waals surface area contributed by atoms with Gasteiger partial charge in [-0.2, -0.15) is 0 Å². The van der Waals surface area contributed by atoms with E-state index in [4.69, 9.17) is 0 Å².